The van der Waals surface area contributed by atoms with Crippen molar-refractivity contribution in [2.75, 3.05) is 0 Å². The van der Waals surface area contributed by atoms with Crippen molar-refractivity contribution in [3.05, 3.63) is 29.0 Å². The number of hydrogen-bond donors (Lipinski definition) is 0. The molecule has 0 fully saturated rings. The predicted molar refractivity (Wildman–Crippen MR) is 78.1 cm³/mol. The third kappa shape index (κ3) is 2.39. The molecule has 2 heterocycles. The van der Waals surface area contributed by atoms with Crippen LogP contribution in [0.25, 0.3) is 9.75 Å². The van der Waals surface area contributed by atoms with Crippen molar-refractivity contribution < 1.29 is 0 Å². The Hall–Kier alpha value is 1.15. The minimum Gasteiger partial charge on any atom is -0.128 e. The maximum atomic E-state index is 6.10. The van der Waals surface area contributed by atoms with Crippen LogP contribution in [0.3, 0.4) is 0 Å². The van der Waals surface area contributed by atoms with Gasteiger partial charge in [0.15, 0.2) is 0 Å². The van der Waals surface area contributed by atoms with Crippen molar-refractivity contribution in [2.45, 2.75) is 0 Å². The molecule has 0 N–H and O–H groups in total. The summed E-state index contributed by atoms with van der Waals surface area (Å²) in [7, 11) is 0. The molecule has 13 heavy (non-hydrogen) atoms. The van der Waals surface area contributed by atoms with Crippen LogP contribution in [0.5, 0.6) is 0 Å². The van der Waals surface area contributed by atoms with E-state index < -0.39 is 0 Å². The van der Waals surface area contributed by atoms with Gasteiger partial charge in [-0.25, -0.2) is 0 Å². The van der Waals surface area contributed by atoms with Gasteiger partial charge in [-0.1, -0.05) is 11.6 Å². The van der Waals surface area contributed by atoms with Crippen molar-refractivity contribution >= 4 is 79.5 Å². The number of halogens is 3. The van der Waals surface area contributed by atoms with E-state index in [1.54, 1.807) is 22.7 Å². The molecule has 0 aliphatic carbocycles. The first-order valence-corrected chi connectivity index (χ1v) is 7.54. The highest BCUT2D eigenvalue weighted by Gasteiger charge is 2.09. The molecular formula is C8H3ClI2S2. The zero-order chi connectivity index (χ0) is 9.42. The Morgan fingerprint density at radius 1 is 1.08 bits per heavy atom. The van der Waals surface area contributed by atoms with Gasteiger partial charge in [-0.2, -0.15) is 0 Å². The van der Waals surface area contributed by atoms with Gasteiger partial charge in [0.1, 0.15) is 0 Å². The Labute approximate surface area is 117 Å². The largest absolute Gasteiger partial charge is 0.128 e. The summed E-state index contributed by atoms with van der Waals surface area (Å²) in [5, 5.41) is 0.868. The van der Waals surface area contributed by atoms with Crippen LogP contribution in [-0.4, -0.2) is 0 Å². The molecule has 0 saturated heterocycles. The average Bonchev–Trinajstić information content (AvgIpc) is 2.58. The summed E-state index contributed by atoms with van der Waals surface area (Å²) in [6, 6.07) is 6.25. The molecule has 0 unspecified atom stereocenters. The molecule has 2 aromatic heterocycles. The van der Waals surface area contributed by atoms with E-state index in [1.165, 1.54) is 15.5 Å². The van der Waals surface area contributed by atoms with Gasteiger partial charge in [0, 0.05) is 4.88 Å². The Kier molecular flexibility index (Phi) is 3.56. The fraction of sp³-hybridized carbons (Fsp3) is 0. The lowest BCUT2D eigenvalue weighted by atomic mass is 10.4. The second kappa shape index (κ2) is 4.34. The molecule has 0 nitrogen and oxygen atoms in total. The van der Waals surface area contributed by atoms with E-state index in [4.69, 9.17) is 11.6 Å². The highest BCUT2D eigenvalue weighted by molar-refractivity contribution is 14.1. The summed E-state index contributed by atoms with van der Waals surface area (Å²) in [4.78, 5) is 2.46. The monoisotopic (exact) mass is 452 g/mol. The van der Waals surface area contributed by atoms with Gasteiger partial charge in [0.25, 0.3) is 0 Å². The molecule has 2 aromatic rings. The van der Waals surface area contributed by atoms with Crippen LogP contribution in [0.1, 0.15) is 0 Å². The van der Waals surface area contributed by atoms with Crippen molar-refractivity contribution in [1.29, 1.82) is 0 Å². The second-order valence-electron chi connectivity index (χ2n) is 2.33. The lowest BCUT2D eigenvalue weighted by molar-refractivity contribution is 1.90. The third-order valence-corrected chi connectivity index (χ3v) is 5.83. The summed E-state index contributed by atoms with van der Waals surface area (Å²) < 4.78 is 2.54. The molecule has 0 aliphatic heterocycles. The van der Waals surface area contributed by atoms with Crippen molar-refractivity contribution in [2.24, 2.45) is 0 Å². The Bertz CT molecular complexity index is 433. The summed E-state index contributed by atoms with van der Waals surface area (Å²) in [5.41, 5.74) is 0. The molecule has 0 atom stereocenters. The number of thiophene rings is 2. The van der Waals surface area contributed by atoms with E-state index in [2.05, 4.69) is 57.3 Å². The van der Waals surface area contributed by atoms with Crippen LogP contribution >= 0.6 is 79.5 Å². The Morgan fingerprint density at radius 3 is 2.31 bits per heavy atom. The Balaban J connectivity index is 2.51. The van der Waals surface area contributed by atoms with Crippen molar-refractivity contribution in [3.63, 3.8) is 0 Å². The molecule has 5 heteroatoms. The quantitative estimate of drug-likeness (QED) is 0.513. The zero-order valence-corrected chi connectivity index (χ0v) is 12.9. The van der Waals surface area contributed by atoms with Gasteiger partial charge >= 0.3 is 0 Å². The summed E-state index contributed by atoms with van der Waals surface area (Å²) >= 11 is 14.2. The van der Waals surface area contributed by atoms with Gasteiger partial charge in [0.2, 0.25) is 0 Å². The standard InChI is InChI=1S/C8H3ClI2S2/c9-4-3-7(11)13-8(4)5-1-2-6(10)12-5/h1-3H. The van der Waals surface area contributed by atoms with E-state index in [0.717, 1.165) is 5.02 Å². The zero-order valence-electron chi connectivity index (χ0n) is 6.18. The van der Waals surface area contributed by atoms with E-state index >= 15 is 0 Å². The second-order valence-corrected chi connectivity index (χ2v) is 8.66. The van der Waals surface area contributed by atoms with E-state index in [9.17, 15) is 0 Å². The smallest absolute Gasteiger partial charge is 0.0675 e. The number of hydrogen-bond acceptors (Lipinski definition) is 2. The minimum absolute atomic E-state index is 0.868. The summed E-state index contributed by atoms with van der Waals surface area (Å²) in [5.74, 6) is 0. The third-order valence-electron chi connectivity index (χ3n) is 1.45. The lowest BCUT2D eigenvalue weighted by Crippen LogP contribution is -1.60. The molecular weight excluding hydrogens is 449 g/mol. The van der Waals surface area contributed by atoms with Crippen molar-refractivity contribution in [1.82, 2.24) is 0 Å². The molecule has 68 valence electrons. The summed E-state index contributed by atoms with van der Waals surface area (Å²) in [6.07, 6.45) is 0. The van der Waals surface area contributed by atoms with Gasteiger partial charge < -0.3 is 0 Å². The normalized spacial score (nSPS) is 10.7. The van der Waals surface area contributed by atoms with Crippen LogP contribution in [-0.2, 0) is 0 Å². The molecule has 0 bridgehead atoms. The van der Waals surface area contributed by atoms with Crippen molar-refractivity contribution in [3.8, 4) is 9.75 Å². The Morgan fingerprint density at radius 2 is 1.85 bits per heavy atom. The van der Waals surface area contributed by atoms with Gasteiger partial charge in [-0.15, -0.1) is 22.7 Å². The molecule has 0 aliphatic rings. The maximum absolute atomic E-state index is 6.10. The van der Waals surface area contributed by atoms with Crippen LogP contribution < -0.4 is 0 Å². The highest BCUT2D eigenvalue weighted by Crippen LogP contribution is 2.40. The molecule has 0 saturated carbocycles. The number of rotatable bonds is 1. The lowest BCUT2D eigenvalue weighted by Gasteiger charge is -1.90. The van der Waals surface area contributed by atoms with E-state index in [0.29, 0.717) is 0 Å². The molecule has 0 spiro atoms. The van der Waals surface area contributed by atoms with Crippen LogP contribution in [0.2, 0.25) is 5.02 Å². The van der Waals surface area contributed by atoms with Gasteiger partial charge in [0.05, 0.1) is 15.7 Å². The predicted octanol–water partition coefficient (Wildman–Crippen LogP) is 5.34. The first kappa shape index (κ1) is 10.7. The SMILES string of the molecule is Clc1cc(I)sc1-c1ccc(I)s1. The van der Waals surface area contributed by atoms with Crippen LogP contribution in [0, 0.1) is 5.77 Å². The highest BCUT2D eigenvalue weighted by atomic mass is 127. The molecule has 0 amide bonds. The average molecular weight is 453 g/mol. The van der Waals surface area contributed by atoms with Crippen LogP contribution in [0.15, 0.2) is 18.2 Å². The fourth-order valence-electron chi connectivity index (χ4n) is 0.945. The molecule has 0 radical (unpaired) electrons. The first-order chi connectivity index (χ1) is 6.16. The van der Waals surface area contributed by atoms with E-state index in [-0.39, 0.29) is 0 Å². The molecule has 0 aromatic carbocycles. The maximum Gasteiger partial charge on any atom is 0.0675 e. The first-order valence-electron chi connectivity index (χ1n) is 3.37. The van der Waals surface area contributed by atoms with Gasteiger partial charge in [-0.3, -0.25) is 0 Å². The summed E-state index contributed by atoms with van der Waals surface area (Å²) in [6.45, 7) is 0. The molecule has 2 rings (SSSR count). The minimum atomic E-state index is 0.868. The van der Waals surface area contributed by atoms with E-state index in [1.807, 2.05) is 6.07 Å². The topological polar surface area (TPSA) is 0 Å². The van der Waals surface area contributed by atoms with Gasteiger partial charge in [-0.05, 0) is 63.4 Å². The fourth-order valence-corrected chi connectivity index (χ4v) is 5.07. The van der Waals surface area contributed by atoms with Crippen LogP contribution in [0.4, 0.5) is 0 Å².